The van der Waals surface area contributed by atoms with E-state index < -0.39 is 0 Å². The lowest BCUT2D eigenvalue weighted by Gasteiger charge is -2.34. The van der Waals surface area contributed by atoms with E-state index in [0.717, 1.165) is 55.8 Å². The summed E-state index contributed by atoms with van der Waals surface area (Å²) in [5.74, 6) is 0.885. The van der Waals surface area contributed by atoms with Crippen LogP contribution in [0.25, 0.3) is 0 Å². The number of nitrogens with zero attached hydrogens (tertiary/aromatic N) is 2. The fraction of sp³-hybridized carbons (Fsp3) is 0.562. The van der Waals surface area contributed by atoms with E-state index >= 15 is 0 Å². The van der Waals surface area contributed by atoms with Crippen LogP contribution in [0.1, 0.15) is 23.7 Å². The normalized spacial score (nSPS) is 16.0. The number of amides is 1. The van der Waals surface area contributed by atoms with E-state index in [4.69, 9.17) is 4.74 Å². The van der Waals surface area contributed by atoms with Crippen molar-refractivity contribution >= 4 is 21.8 Å². The Hall–Kier alpha value is -1.07. The van der Waals surface area contributed by atoms with Crippen LogP contribution in [0.3, 0.4) is 0 Å². The summed E-state index contributed by atoms with van der Waals surface area (Å²) in [6.45, 7) is 7.29. The summed E-state index contributed by atoms with van der Waals surface area (Å²) in [6.07, 6.45) is 0.966. The van der Waals surface area contributed by atoms with Gasteiger partial charge in [-0.15, -0.1) is 0 Å². The molecule has 0 saturated carbocycles. The first-order valence-corrected chi connectivity index (χ1v) is 8.67. The van der Waals surface area contributed by atoms with Gasteiger partial charge in [-0.25, -0.2) is 0 Å². The fourth-order valence-corrected chi connectivity index (χ4v) is 2.92. The Morgan fingerprint density at radius 3 is 2.71 bits per heavy atom. The van der Waals surface area contributed by atoms with E-state index in [-0.39, 0.29) is 5.91 Å². The third-order valence-electron chi connectivity index (χ3n) is 3.61. The molecule has 1 saturated heterocycles. The first-order chi connectivity index (χ1) is 10.2. The molecule has 21 heavy (non-hydrogen) atoms. The molecule has 0 N–H and O–H groups in total. The quantitative estimate of drug-likeness (QED) is 0.736. The van der Waals surface area contributed by atoms with Gasteiger partial charge < -0.3 is 9.64 Å². The number of piperazine rings is 1. The smallest absolute Gasteiger partial charge is 0.254 e. The molecule has 1 heterocycles. The third-order valence-corrected chi connectivity index (χ3v) is 3.97. The van der Waals surface area contributed by atoms with Crippen molar-refractivity contribution in [3.8, 4) is 5.75 Å². The van der Waals surface area contributed by atoms with Crippen molar-refractivity contribution in [1.29, 1.82) is 0 Å². The van der Waals surface area contributed by atoms with Crippen molar-refractivity contribution in [2.75, 3.05) is 44.7 Å². The lowest BCUT2D eigenvalue weighted by molar-refractivity contribution is 0.0644. The van der Waals surface area contributed by atoms with E-state index in [2.05, 4.69) is 27.8 Å². The van der Waals surface area contributed by atoms with Gasteiger partial charge in [0.05, 0.1) is 6.61 Å². The maximum absolute atomic E-state index is 12.5. The minimum absolute atomic E-state index is 0.107. The molecule has 2 rings (SSSR count). The van der Waals surface area contributed by atoms with Crippen LogP contribution in [-0.4, -0.2) is 60.4 Å². The molecule has 0 bridgehead atoms. The summed E-state index contributed by atoms with van der Waals surface area (Å²) >= 11 is 3.46. The van der Waals surface area contributed by atoms with Crippen molar-refractivity contribution in [3.05, 3.63) is 29.8 Å². The number of hydrogen-bond donors (Lipinski definition) is 0. The predicted octanol–water partition coefficient (Wildman–Crippen LogP) is 2.63. The van der Waals surface area contributed by atoms with Gasteiger partial charge in [0.15, 0.2) is 0 Å². The molecule has 4 nitrogen and oxygen atoms in total. The predicted molar refractivity (Wildman–Crippen MR) is 88.4 cm³/mol. The largest absolute Gasteiger partial charge is 0.494 e. The molecule has 116 valence electrons. The fourth-order valence-electron chi connectivity index (χ4n) is 2.42. The minimum atomic E-state index is 0.107. The van der Waals surface area contributed by atoms with Crippen molar-refractivity contribution in [1.82, 2.24) is 9.80 Å². The summed E-state index contributed by atoms with van der Waals surface area (Å²) in [4.78, 5) is 16.8. The second-order valence-corrected chi connectivity index (χ2v) is 5.99. The first kappa shape index (κ1) is 16.3. The van der Waals surface area contributed by atoms with Gasteiger partial charge in [0.25, 0.3) is 5.91 Å². The molecule has 1 aliphatic rings. The number of carbonyl (C=O) groups is 1. The molecule has 5 heteroatoms. The maximum atomic E-state index is 12.5. The summed E-state index contributed by atoms with van der Waals surface area (Å²) < 4.78 is 5.60. The Morgan fingerprint density at radius 2 is 2.05 bits per heavy atom. The molecule has 1 amide bonds. The van der Waals surface area contributed by atoms with Gasteiger partial charge in [-0.05, 0) is 24.6 Å². The number of alkyl halides is 1. The Balaban J connectivity index is 1.94. The number of hydrogen-bond acceptors (Lipinski definition) is 3. The molecule has 0 spiro atoms. The molecule has 1 fully saturated rings. The van der Waals surface area contributed by atoms with E-state index in [1.807, 2.05) is 29.2 Å². The van der Waals surface area contributed by atoms with Crippen LogP contribution in [0.5, 0.6) is 5.75 Å². The van der Waals surface area contributed by atoms with Crippen LogP contribution in [0, 0.1) is 0 Å². The molecule has 0 radical (unpaired) electrons. The van der Waals surface area contributed by atoms with Gasteiger partial charge in [0.1, 0.15) is 5.75 Å². The van der Waals surface area contributed by atoms with Crippen LogP contribution in [0.4, 0.5) is 0 Å². The van der Waals surface area contributed by atoms with Gasteiger partial charge in [-0.2, -0.15) is 0 Å². The number of halogens is 1. The monoisotopic (exact) mass is 354 g/mol. The molecule has 1 aliphatic heterocycles. The average molecular weight is 355 g/mol. The van der Waals surface area contributed by atoms with Gasteiger partial charge >= 0.3 is 0 Å². The second kappa shape index (κ2) is 8.39. The van der Waals surface area contributed by atoms with Crippen LogP contribution in [0.2, 0.25) is 0 Å². The van der Waals surface area contributed by atoms with Crippen molar-refractivity contribution in [3.63, 3.8) is 0 Å². The topological polar surface area (TPSA) is 32.8 Å². The van der Waals surface area contributed by atoms with Crippen molar-refractivity contribution in [2.45, 2.75) is 13.3 Å². The number of benzene rings is 1. The lowest BCUT2D eigenvalue weighted by atomic mass is 10.1. The molecule has 0 atom stereocenters. The average Bonchev–Trinajstić information content (AvgIpc) is 2.53. The highest BCUT2D eigenvalue weighted by Crippen LogP contribution is 2.16. The van der Waals surface area contributed by atoms with Crippen molar-refractivity contribution in [2.24, 2.45) is 0 Å². The zero-order chi connectivity index (χ0) is 15.1. The highest BCUT2D eigenvalue weighted by atomic mass is 79.9. The van der Waals surface area contributed by atoms with Crippen LogP contribution < -0.4 is 4.74 Å². The Morgan fingerprint density at radius 1 is 1.29 bits per heavy atom. The lowest BCUT2D eigenvalue weighted by Crippen LogP contribution is -2.49. The van der Waals surface area contributed by atoms with E-state index in [1.54, 1.807) is 0 Å². The van der Waals surface area contributed by atoms with E-state index in [1.165, 1.54) is 0 Å². The molecule has 0 aliphatic carbocycles. The van der Waals surface area contributed by atoms with Crippen LogP contribution in [0.15, 0.2) is 24.3 Å². The highest BCUT2D eigenvalue weighted by Gasteiger charge is 2.21. The third kappa shape index (κ3) is 4.71. The number of rotatable bonds is 6. The Kier molecular flexibility index (Phi) is 6.51. The van der Waals surface area contributed by atoms with Crippen LogP contribution in [-0.2, 0) is 0 Å². The zero-order valence-electron chi connectivity index (χ0n) is 12.6. The van der Waals surface area contributed by atoms with Gasteiger partial charge in [0.2, 0.25) is 0 Å². The first-order valence-electron chi connectivity index (χ1n) is 7.55. The van der Waals surface area contributed by atoms with Gasteiger partial charge in [0, 0.05) is 43.6 Å². The maximum Gasteiger partial charge on any atom is 0.254 e. The minimum Gasteiger partial charge on any atom is -0.494 e. The molecule has 1 aromatic rings. The van der Waals surface area contributed by atoms with Crippen LogP contribution >= 0.6 is 15.9 Å². The standard InChI is InChI=1S/C16H23BrN2O2/c1-2-12-21-15-5-3-4-14(13-15)16(20)19-10-8-18(7-6-17)9-11-19/h3-5,13H,2,6-12H2,1H3. The van der Waals surface area contributed by atoms with Gasteiger partial charge in [-0.3, -0.25) is 9.69 Å². The summed E-state index contributed by atoms with van der Waals surface area (Å²) in [5, 5.41) is 0.984. The summed E-state index contributed by atoms with van der Waals surface area (Å²) in [7, 11) is 0. The summed E-state index contributed by atoms with van der Waals surface area (Å²) in [6, 6.07) is 7.51. The van der Waals surface area contributed by atoms with E-state index in [9.17, 15) is 4.79 Å². The number of carbonyl (C=O) groups excluding carboxylic acids is 1. The SMILES string of the molecule is CCCOc1cccc(C(=O)N2CCN(CCBr)CC2)c1. The second-order valence-electron chi connectivity index (χ2n) is 5.20. The molecule has 0 aromatic heterocycles. The Bertz CT molecular complexity index is 459. The molecule has 0 unspecified atom stereocenters. The van der Waals surface area contributed by atoms with Crippen molar-refractivity contribution < 1.29 is 9.53 Å². The highest BCUT2D eigenvalue weighted by molar-refractivity contribution is 9.09. The summed E-state index contributed by atoms with van der Waals surface area (Å²) in [5.41, 5.74) is 0.720. The molecule has 1 aromatic carbocycles. The molecular weight excluding hydrogens is 332 g/mol. The number of ether oxygens (including phenoxy) is 1. The Labute approximate surface area is 135 Å². The molecular formula is C16H23BrN2O2. The zero-order valence-corrected chi connectivity index (χ0v) is 14.1. The van der Waals surface area contributed by atoms with E-state index in [0.29, 0.717) is 6.61 Å². The van der Waals surface area contributed by atoms with Gasteiger partial charge in [-0.1, -0.05) is 28.9 Å².